The van der Waals surface area contributed by atoms with Crippen molar-refractivity contribution in [1.29, 1.82) is 0 Å². The Morgan fingerprint density at radius 3 is 1.06 bits per heavy atom. The van der Waals surface area contributed by atoms with Crippen LogP contribution in [0.2, 0.25) is 0 Å². The minimum absolute atomic E-state index is 0. The van der Waals surface area contributed by atoms with E-state index in [4.69, 9.17) is 16.6 Å². The lowest BCUT2D eigenvalue weighted by molar-refractivity contribution is -0.142. The van der Waals surface area contributed by atoms with Gasteiger partial charge >= 0.3 is 5.97 Å². The van der Waals surface area contributed by atoms with Crippen LogP contribution in [0.25, 0.3) is 0 Å². The van der Waals surface area contributed by atoms with E-state index >= 15 is 0 Å². The van der Waals surface area contributed by atoms with E-state index in [1.54, 1.807) is 27.7 Å². The molecule has 2 aliphatic carbocycles. The summed E-state index contributed by atoms with van der Waals surface area (Å²) in [4.78, 5) is 42.9. The highest BCUT2D eigenvalue weighted by Crippen LogP contribution is 2.44. The monoisotopic (exact) mass is 514 g/mol. The first-order valence-corrected chi connectivity index (χ1v) is 13.3. The van der Waals surface area contributed by atoms with Crippen molar-refractivity contribution in [3.63, 3.8) is 0 Å². The number of aliphatic carboxylic acids is 1. The van der Waals surface area contributed by atoms with Crippen molar-refractivity contribution in [1.82, 2.24) is 0 Å². The highest BCUT2D eigenvalue weighted by Gasteiger charge is 2.39. The van der Waals surface area contributed by atoms with E-state index in [1.165, 1.54) is 33.1 Å². The summed E-state index contributed by atoms with van der Waals surface area (Å²) < 4.78 is 0. The van der Waals surface area contributed by atoms with E-state index < -0.39 is 17.0 Å². The minimum Gasteiger partial charge on any atom is -0.480 e. The fourth-order valence-corrected chi connectivity index (χ4v) is 3.96. The van der Waals surface area contributed by atoms with Gasteiger partial charge in [-0.25, -0.2) is 0 Å². The van der Waals surface area contributed by atoms with Crippen LogP contribution in [0.1, 0.15) is 140 Å². The zero-order valence-electron chi connectivity index (χ0n) is 24.0. The van der Waals surface area contributed by atoms with Crippen LogP contribution in [-0.2, 0) is 19.2 Å². The number of carbonyl (C=O) groups is 4. The van der Waals surface area contributed by atoms with E-state index in [9.17, 15) is 19.2 Å². The van der Waals surface area contributed by atoms with Gasteiger partial charge in [0, 0.05) is 10.8 Å². The van der Waals surface area contributed by atoms with Crippen molar-refractivity contribution in [2.45, 2.75) is 151 Å². The molecule has 0 heterocycles. The lowest BCUT2D eigenvalue weighted by Gasteiger charge is -2.38. The summed E-state index contributed by atoms with van der Waals surface area (Å²) >= 11 is 0. The summed E-state index contributed by atoms with van der Waals surface area (Å²) in [6, 6.07) is 0. The smallest absolute Gasteiger partial charge is 0.323 e. The van der Waals surface area contributed by atoms with E-state index in [2.05, 4.69) is 13.8 Å². The Balaban J connectivity index is -0.000000402. The van der Waals surface area contributed by atoms with Crippen LogP contribution in [0, 0.1) is 10.8 Å². The van der Waals surface area contributed by atoms with Crippen LogP contribution >= 0.6 is 0 Å². The van der Waals surface area contributed by atoms with Crippen molar-refractivity contribution in [2.75, 3.05) is 0 Å². The number of rotatable bonds is 8. The van der Waals surface area contributed by atoms with Crippen LogP contribution in [0.5, 0.6) is 0 Å². The molecule has 214 valence electrons. The third kappa shape index (κ3) is 12.1. The Kier molecular flexibility index (Phi) is 18.4. The van der Waals surface area contributed by atoms with Gasteiger partial charge < -0.3 is 16.6 Å². The van der Waals surface area contributed by atoms with Crippen molar-refractivity contribution >= 4 is 23.3 Å². The lowest BCUT2D eigenvalue weighted by Crippen LogP contribution is -2.43. The number of ketones is 3. The van der Waals surface area contributed by atoms with Crippen molar-refractivity contribution in [3.8, 4) is 0 Å². The maximum Gasteiger partial charge on any atom is 0.323 e. The van der Waals surface area contributed by atoms with Crippen molar-refractivity contribution < 1.29 is 24.3 Å². The SMILES string of the molecule is C.CCC1(C(C)=O)CCC1.CCC1(C(C)=O)CCCC1.CC[C@@](C)(N)C(=O)O.CC[C@](C)(N)C(C)=O. The molecule has 0 aromatic heterocycles. The highest BCUT2D eigenvalue weighted by atomic mass is 16.4. The van der Waals surface area contributed by atoms with Crippen LogP contribution in [0.15, 0.2) is 0 Å². The molecule has 2 aliphatic rings. The van der Waals surface area contributed by atoms with Crippen LogP contribution in [0.3, 0.4) is 0 Å². The Labute approximate surface area is 221 Å². The zero-order chi connectivity index (χ0) is 28.1. The Morgan fingerprint density at radius 2 is 1.00 bits per heavy atom. The molecule has 0 radical (unpaired) electrons. The van der Waals surface area contributed by atoms with E-state index in [0.717, 1.165) is 38.5 Å². The van der Waals surface area contributed by atoms with E-state index in [1.807, 2.05) is 6.92 Å². The number of carbonyl (C=O) groups excluding carboxylic acids is 3. The van der Waals surface area contributed by atoms with Gasteiger partial charge in [-0.15, -0.1) is 0 Å². The lowest BCUT2D eigenvalue weighted by atomic mass is 9.65. The molecule has 2 atom stereocenters. The van der Waals surface area contributed by atoms with E-state index in [-0.39, 0.29) is 24.0 Å². The molecular formula is C29H58N2O5. The van der Waals surface area contributed by atoms with Crippen molar-refractivity contribution in [3.05, 3.63) is 0 Å². The summed E-state index contributed by atoms with van der Waals surface area (Å²) in [6.45, 7) is 16.1. The molecule has 7 heteroatoms. The molecular weight excluding hydrogens is 456 g/mol. The van der Waals surface area contributed by atoms with E-state index in [0.29, 0.717) is 24.4 Å². The van der Waals surface area contributed by atoms with Crippen LogP contribution in [0.4, 0.5) is 0 Å². The first-order chi connectivity index (χ1) is 15.9. The quantitative estimate of drug-likeness (QED) is 0.348. The molecule has 0 unspecified atom stereocenters. The normalized spacial score (nSPS) is 19.9. The number of carboxylic acid groups (broad SMARTS) is 1. The molecule has 0 aromatic carbocycles. The predicted molar refractivity (Wildman–Crippen MR) is 150 cm³/mol. The standard InChI is InChI=1S/C9H16O.C8H14O.C6H13NO.C5H11NO2.CH4/c1-3-9(8(2)10)6-4-5-7-9;1-3-8(7(2)9)5-4-6-8;1-4-6(3,7)5(2)8;1-3-5(2,6)4(7)8;/h3-7H2,1-2H3;3-6H2,1-2H3;4,7H2,1-3H3;3,6H2,1-2H3,(H,7,8);1H4/t;;6-;5-;/m..01./s1. The molecule has 0 spiro atoms. The average Bonchev–Trinajstić information content (AvgIpc) is 3.25. The third-order valence-electron chi connectivity index (χ3n) is 8.48. The largest absolute Gasteiger partial charge is 0.480 e. The summed E-state index contributed by atoms with van der Waals surface area (Å²) in [7, 11) is 0. The number of hydrogen-bond acceptors (Lipinski definition) is 6. The Bertz CT molecular complexity index is 656. The summed E-state index contributed by atoms with van der Waals surface area (Å²) in [5.41, 5.74) is 9.35. The fraction of sp³-hybridized carbons (Fsp3) is 0.862. The molecule has 2 rings (SSSR count). The topological polar surface area (TPSA) is 141 Å². The van der Waals surface area contributed by atoms with Gasteiger partial charge in [-0.3, -0.25) is 19.2 Å². The molecule has 7 nitrogen and oxygen atoms in total. The summed E-state index contributed by atoms with van der Waals surface area (Å²) in [5.74, 6) is -0.0799. The maximum atomic E-state index is 11.2. The van der Waals surface area contributed by atoms with Gasteiger partial charge in [0.2, 0.25) is 0 Å². The maximum absolute atomic E-state index is 11.2. The van der Waals surface area contributed by atoms with Gasteiger partial charge in [0.25, 0.3) is 0 Å². The number of carboxylic acids is 1. The molecule has 5 N–H and O–H groups in total. The number of hydrogen-bond donors (Lipinski definition) is 3. The fourth-order valence-electron chi connectivity index (χ4n) is 3.96. The molecule has 0 aromatic rings. The van der Waals surface area contributed by atoms with Crippen LogP contribution < -0.4 is 11.5 Å². The second-order valence-electron chi connectivity index (χ2n) is 10.8. The van der Waals surface area contributed by atoms with Gasteiger partial charge in [0.15, 0.2) is 0 Å². The van der Waals surface area contributed by atoms with Gasteiger partial charge in [-0.05, 0) is 86.0 Å². The molecule has 2 saturated carbocycles. The first kappa shape index (κ1) is 38.9. The number of nitrogens with two attached hydrogens (primary N) is 2. The highest BCUT2D eigenvalue weighted by molar-refractivity contribution is 5.85. The molecule has 36 heavy (non-hydrogen) atoms. The molecule has 0 amide bonds. The third-order valence-corrected chi connectivity index (χ3v) is 8.48. The van der Waals surface area contributed by atoms with Crippen molar-refractivity contribution in [2.24, 2.45) is 22.3 Å². The molecule has 0 bridgehead atoms. The summed E-state index contributed by atoms with van der Waals surface area (Å²) in [6.07, 6.45) is 11.6. The van der Waals surface area contributed by atoms with Gasteiger partial charge in [0.05, 0.1) is 5.54 Å². The summed E-state index contributed by atoms with van der Waals surface area (Å²) in [5, 5.41) is 8.32. The predicted octanol–water partition coefficient (Wildman–Crippen LogP) is 6.24. The Morgan fingerprint density at radius 1 is 0.694 bits per heavy atom. The zero-order valence-corrected chi connectivity index (χ0v) is 24.0. The van der Waals surface area contributed by atoms with Gasteiger partial charge in [0.1, 0.15) is 22.9 Å². The second-order valence-corrected chi connectivity index (χ2v) is 10.8. The second kappa shape index (κ2) is 17.0. The Hall–Kier alpha value is -1.60. The molecule has 2 fully saturated rings. The minimum atomic E-state index is -1.04. The van der Waals surface area contributed by atoms with Gasteiger partial charge in [-0.2, -0.15) is 0 Å². The molecule has 0 aliphatic heterocycles. The first-order valence-electron chi connectivity index (χ1n) is 13.3. The number of Topliss-reactive ketones (excluding diaryl/α,β-unsaturated/α-hetero) is 3. The molecule has 0 saturated heterocycles. The average molecular weight is 515 g/mol. The van der Waals surface area contributed by atoms with Gasteiger partial charge in [-0.1, -0.05) is 54.4 Å². The van der Waals surface area contributed by atoms with Crippen LogP contribution in [-0.4, -0.2) is 39.5 Å².